The normalized spacial score (nSPS) is 10.4. The third-order valence-corrected chi connectivity index (χ3v) is 3.96. The van der Waals surface area contributed by atoms with Gasteiger partial charge in [-0.05, 0) is 29.8 Å². The molecule has 1 nitrogen and oxygen atoms in total. The molecule has 0 unspecified atom stereocenters. The van der Waals surface area contributed by atoms with Gasteiger partial charge in [-0.1, -0.05) is 61.7 Å². The summed E-state index contributed by atoms with van der Waals surface area (Å²) < 4.78 is 6.87. The van der Waals surface area contributed by atoms with Crippen LogP contribution in [0, 0.1) is 0 Å². The third-order valence-electron chi connectivity index (χ3n) is 2.52. The molecule has 4 heteroatoms. The Hall–Kier alpha value is -0.510. The van der Waals surface area contributed by atoms with Crippen LogP contribution in [0.1, 0.15) is 11.1 Å². The maximum Gasteiger partial charge on any atom is 0.125 e. The van der Waals surface area contributed by atoms with Gasteiger partial charge in [-0.25, -0.2) is 0 Å². The van der Waals surface area contributed by atoms with Crippen LogP contribution < -0.4 is 4.74 Å². The molecule has 0 aromatic heterocycles. The number of rotatable bonds is 4. The lowest BCUT2D eigenvalue weighted by atomic mass is 10.2. The Morgan fingerprint density at radius 3 is 2.44 bits per heavy atom. The highest BCUT2D eigenvalue weighted by atomic mass is 79.9. The molecule has 0 aliphatic rings. The first-order valence-electron chi connectivity index (χ1n) is 5.41. The van der Waals surface area contributed by atoms with Crippen LogP contribution in [0.2, 0.25) is 5.02 Å². The zero-order valence-corrected chi connectivity index (χ0v) is 13.4. The molecule has 0 N–H and O–H groups in total. The van der Waals surface area contributed by atoms with E-state index >= 15 is 0 Å². The SMILES string of the molecule is Clc1cccc(OCc2ccc(Br)cc2)c1CBr. The van der Waals surface area contributed by atoms with E-state index in [4.69, 9.17) is 16.3 Å². The van der Waals surface area contributed by atoms with Gasteiger partial charge in [0.2, 0.25) is 0 Å². The fraction of sp³-hybridized carbons (Fsp3) is 0.143. The van der Waals surface area contributed by atoms with Gasteiger partial charge in [-0.15, -0.1) is 0 Å². The largest absolute Gasteiger partial charge is 0.489 e. The summed E-state index contributed by atoms with van der Waals surface area (Å²) in [6.07, 6.45) is 0. The van der Waals surface area contributed by atoms with Crippen LogP contribution in [0.25, 0.3) is 0 Å². The monoisotopic (exact) mass is 388 g/mol. The van der Waals surface area contributed by atoms with E-state index in [1.807, 2.05) is 42.5 Å². The highest BCUT2D eigenvalue weighted by Crippen LogP contribution is 2.29. The smallest absolute Gasteiger partial charge is 0.125 e. The second kappa shape index (κ2) is 6.60. The second-order valence-corrected chi connectivity index (χ2v) is 5.65. The third kappa shape index (κ3) is 3.50. The maximum atomic E-state index is 6.12. The molecule has 0 radical (unpaired) electrons. The summed E-state index contributed by atoms with van der Waals surface area (Å²) in [5, 5.41) is 1.41. The molecule has 2 aromatic carbocycles. The van der Waals surface area contributed by atoms with E-state index < -0.39 is 0 Å². The molecule has 0 fully saturated rings. The molecule has 0 saturated heterocycles. The van der Waals surface area contributed by atoms with Crippen molar-refractivity contribution < 1.29 is 4.74 Å². The van der Waals surface area contributed by atoms with Crippen molar-refractivity contribution in [1.82, 2.24) is 0 Å². The van der Waals surface area contributed by atoms with Crippen LogP contribution in [0.15, 0.2) is 46.9 Å². The number of alkyl halides is 1. The predicted molar refractivity (Wildman–Crippen MR) is 82.6 cm³/mol. The van der Waals surface area contributed by atoms with Crippen molar-refractivity contribution in [2.45, 2.75) is 11.9 Å². The van der Waals surface area contributed by atoms with Crippen molar-refractivity contribution in [3.8, 4) is 5.75 Å². The molecular formula is C14H11Br2ClO. The van der Waals surface area contributed by atoms with Gasteiger partial charge in [0.1, 0.15) is 12.4 Å². The molecule has 0 amide bonds. The van der Waals surface area contributed by atoms with E-state index in [1.165, 1.54) is 0 Å². The highest BCUT2D eigenvalue weighted by molar-refractivity contribution is 9.10. The van der Waals surface area contributed by atoms with Gasteiger partial charge in [0.25, 0.3) is 0 Å². The Morgan fingerprint density at radius 1 is 1.06 bits per heavy atom. The maximum absolute atomic E-state index is 6.12. The summed E-state index contributed by atoms with van der Waals surface area (Å²) in [5.41, 5.74) is 2.11. The Morgan fingerprint density at radius 2 is 1.78 bits per heavy atom. The lowest BCUT2D eigenvalue weighted by Crippen LogP contribution is -1.98. The minimum atomic E-state index is 0.535. The van der Waals surface area contributed by atoms with E-state index in [1.54, 1.807) is 0 Å². The van der Waals surface area contributed by atoms with Gasteiger partial charge in [-0.3, -0.25) is 0 Å². The summed E-state index contributed by atoms with van der Waals surface area (Å²) >= 11 is 12.9. The summed E-state index contributed by atoms with van der Waals surface area (Å²) in [6.45, 7) is 0.535. The van der Waals surface area contributed by atoms with Gasteiger partial charge in [-0.2, -0.15) is 0 Å². The van der Waals surface area contributed by atoms with E-state index in [0.29, 0.717) is 11.9 Å². The fourth-order valence-corrected chi connectivity index (χ4v) is 2.78. The van der Waals surface area contributed by atoms with Crippen molar-refractivity contribution in [3.63, 3.8) is 0 Å². The molecule has 2 aromatic rings. The molecule has 0 atom stereocenters. The number of ether oxygens (including phenoxy) is 1. The van der Waals surface area contributed by atoms with Crippen LogP contribution in [-0.2, 0) is 11.9 Å². The highest BCUT2D eigenvalue weighted by Gasteiger charge is 2.06. The van der Waals surface area contributed by atoms with Gasteiger partial charge in [0.15, 0.2) is 0 Å². The van der Waals surface area contributed by atoms with Gasteiger partial charge in [0, 0.05) is 20.4 Å². The average Bonchev–Trinajstić information content (AvgIpc) is 2.38. The van der Waals surface area contributed by atoms with E-state index in [0.717, 1.165) is 26.4 Å². The Labute approximate surface area is 128 Å². The number of benzene rings is 2. The van der Waals surface area contributed by atoms with Gasteiger partial charge < -0.3 is 4.74 Å². The first kappa shape index (κ1) is 13.9. The molecular weight excluding hydrogens is 379 g/mol. The van der Waals surface area contributed by atoms with Crippen molar-refractivity contribution in [2.75, 3.05) is 0 Å². The number of hydrogen-bond donors (Lipinski definition) is 0. The van der Waals surface area contributed by atoms with Crippen LogP contribution in [0.4, 0.5) is 0 Å². The minimum Gasteiger partial charge on any atom is -0.489 e. The Kier molecular flexibility index (Phi) is 5.10. The predicted octanol–water partition coefficient (Wildman–Crippen LogP) is 5.58. The topological polar surface area (TPSA) is 9.23 Å². The molecule has 0 aliphatic heterocycles. The first-order chi connectivity index (χ1) is 8.70. The Bertz CT molecular complexity index is 526. The molecule has 94 valence electrons. The molecule has 0 heterocycles. The summed E-state index contributed by atoms with van der Waals surface area (Å²) in [6, 6.07) is 13.8. The summed E-state index contributed by atoms with van der Waals surface area (Å²) in [7, 11) is 0. The van der Waals surface area contributed by atoms with Gasteiger partial charge >= 0.3 is 0 Å². The summed E-state index contributed by atoms with van der Waals surface area (Å²) in [5.74, 6) is 0.822. The summed E-state index contributed by atoms with van der Waals surface area (Å²) in [4.78, 5) is 0. The second-order valence-electron chi connectivity index (χ2n) is 3.77. The quantitative estimate of drug-likeness (QED) is 0.620. The van der Waals surface area contributed by atoms with Crippen LogP contribution in [0.5, 0.6) is 5.75 Å². The van der Waals surface area contributed by atoms with Gasteiger partial charge in [0.05, 0.1) is 0 Å². The molecule has 2 rings (SSSR count). The van der Waals surface area contributed by atoms with Crippen molar-refractivity contribution in [3.05, 3.63) is 63.1 Å². The van der Waals surface area contributed by atoms with E-state index in [2.05, 4.69) is 31.9 Å². The number of hydrogen-bond acceptors (Lipinski definition) is 1. The molecule has 18 heavy (non-hydrogen) atoms. The average molecular weight is 391 g/mol. The molecule has 0 aliphatic carbocycles. The molecule has 0 saturated carbocycles. The zero-order chi connectivity index (χ0) is 13.0. The van der Waals surface area contributed by atoms with Crippen LogP contribution >= 0.6 is 43.5 Å². The minimum absolute atomic E-state index is 0.535. The fourth-order valence-electron chi connectivity index (χ4n) is 1.55. The van der Waals surface area contributed by atoms with Crippen molar-refractivity contribution in [1.29, 1.82) is 0 Å². The molecule has 0 spiro atoms. The standard InChI is InChI=1S/C14H11Br2ClO/c15-8-12-13(17)2-1-3-14(12)18-9-10-4-6-11(16)7-5-10/h1-7H,8-9H2. The van der Waals surface area contributed by atoms with E-state index in [-0.39, 0.29) is 0 Å². The number of halogens is 3. The first-order valence-corrected chi connectivity index (χ1v) is 7.70. The van der Waals surface area contributed by atoms with Crippen LogP contribution in [0.3, 0.4) is 0 Å². The zero-order valence-electron chi connectivity index (χ0n) is 9.50. The Balaban J connectivity index is 2.10. The lowest BCUT2D eigenvalue weighted by molar-refractivity contribution is 0.304. The molecule has 0 bridgehead atoms. The lowest BCUT2D eigenvalue weighted by Gasteiger charge is -2.11. The van der Waals surface area contributed by atoms with Crippen LogP contribution in [-0.4, -0.2) is 0 Å². The van der Waals surface area contributed by atoms with Crippen molar-refractivity contribution >= 4 is 43.5 Å². The van der Waals surface area contributed by atoms with E-state index in [9.17, 15) is 0 Å². The van der Waals surface area contributed by atoms with Crippen molar-refractivity contribution in [2.24, 2.45) is 0 Å².